The van der Waals surface area contributed by atoms with Crippen molar-refractivity contribution in [1.82, 2.24) is 9.13 Å². The summed E-state index contributed by atoms with van der Waals surface area (Å²) in [5, 5.41) is 13.9. The Hall–Kier alpha value is -7.39. The minimum Gasteiger partial charge on any atom is -0.320 e. The van der Waals surface area contributed by atoms with Gasteiger partial charge in [0.1, 0.15) is 0 Å². The summed E-state index contributed by atoms with van der Waals surface area (Å²) >= 11 is 0. The van der Waals surface area contributed by atoms with Crippen molar-refractivity contribution in [3.63, 3.8) is 0 Å². The van der Waals surface area contributed by atoms with Crippen molar-refractivity contribution in [1.29, 1.82) is 5.26 Å². The van der Waals surface area contributed by atoms with Crippen LogP contribution in [0.3, 0.4) is 0 Å². The van der Waals surface area contributed by atoms with E-state index in [9.17, 15) is 5.26 Å². The Bertz CT molecular complexity index is 2970. The third kappa shape index (κ3) is 4.38. The topological polar surface area (TPSA) is 42.4 Å². The summed E-state index contributed by atoms with van der Waals surface area (Å²) in [6.07, 6.45) is 0. The van der Waals surface area contributed by atoms with E-state index in [2.05, 4.69) is 104 Å². The van der Waals surface area contributed by atoms with Crippen LogP contribution < -0.4 is 0 Å². The van der Waals surface area contributed by atoms with Crippen molar-refractivity contribution in [2.24, 2.45) is 0 Å². The normalized spacial score (nSPS) is 11.1. The van der Waals surface area contributed by atoms with Crippen LogP contribution in [0.1, 0.15) is 5.56 Å². The van der Waals surface area contributed by atoms with Crippen LogP contribution in [0.5, 0.6) is 0 Å². The Morgan fingerprint density at radius 3 is 1.92 bits per heavy atom. The zero-order valence-electron chi connectivity index (χ0n) is 26.7. The molecule has 0 bridgehead atoms. The van der Waals surface area contributed by atoms with Gasteiger partial charge in [0.25, 0.3) is 0 Å². The molecule has 9 rings (SSSR count). The van der Waals surface area contributed by atoms with E-state index < -0.39 is 0 Å². The molecule has 0 aliphatic carbocycles. The first-order valence-electron chi connectivity index (χ1n) is 16.2. The van der Waals surface area contributed by atoms with Crippen LogP contribution in [0.4, 0.5) is 11.4 Å². The quantitative estimate of drug-likeness (QED) is 0.177. The molecule has 0 fully saturated rings. The zero-order chi connectivity index (χ0) is 33.8. The van der Waals surface area contributed by atoms with E-state index in [0.717, 1.165) is 77.2 Å². The molecule has 2 heterocycles. The molecule has 2 aromatic heterocycles. The average molecular weight is 636 g/mol. The SMILES string of the molecule is [C-]#[N+]c1ccc2c3ccccc3n(-c3c([N+]#[C-])cccc3-c3cccc(-c4cccc(-n5c6ccccc6c6cc(C#N)ccc65)c4)c3)c2c1. The predicted molar refractivity (Wildman–Crippen MR) is 203 cm³/mol. The molecule has 0 radical (unpaired) electrons. The highest BCUT2D eigenvalue weighted by atomic mass is 15.0. The number of para-hydroxylation sites is 3. The maximum absolute atomic E-state index is 9.59. The second-order valence-electron chi connectivity index (χ2n) is 12.3. The van der Waals surface area contributed by atoms with Gasteiger partial charge in [0.15, 0.2) is 5.69 Å². The summed E-state index contributed by atoms with van der Waals surface area (Å²) < 4.78 is 4.41. The highest BCUT2D eigenvalue weighted by molar-refractivity contribution is 6.12. The number of fused-ring (bicyclic) bond motifs is 6. The highest BCUT2D eigenvalue weighted by Gasteiger charge is 2.20. The maximum atomic E-state index is 9.59. The van der Waals surface area contributed by atoms with E-state index >= 15 is 0 Å². The van der Waals surface area contributed by atoms with Crippen LogP contribution >= 0.6 is 0 Å². The fraction of sp³-hybridized carbons (Fsp3) is 0. The number of hydrogen-bond donors (Lipinski definition) is 0. The number of nitriles is 1. The highest BCUT2D eigenvalue weighted by Crippen LogP contribution is 2.42. The Morgan fingerprint density at radius 2 is 1.14 bits per heavy atom. The number of aromatic nitrogens is 2. The van der Waals surface area contributed by atoms with Gasteiger partial charge >= 0.3 is 0 Å². The Labute approximate surface area is 288 Å². The number of rotatable bonds is 4. The fourth-order valence-corrected chi connectivity index (χ4v) is 7.37. The first-order chi connectivity index (χ1) is 24.7. The number of nitrogens with zero attached hydrogens (tertiary/aromatic N) is 5. The molecule has 0 saturated heterocycles. The van der Waals surface area contributed by atoms with Crippen LogP contribution in [0.15, 0.2) is 152 Å². The smallest absolute Gasteiger partial charge is 0.211 e. The van der Waals surface area contributed by atoms with Gasteiger partial charge in [0.2, 0.25) is 5.69 Å². The van der Waals surface area contributed by atoms with Crippen LogP contribution in [-0.2, 0) is 0 Å². The summed E-state index contributed by atoms with van der Waals surface area (Å²) in [5.41, 5.74) is 11.6. The van der Waals surface area contributed by atoms with Gasteiger partial charge in [-0.1, -0.05) is 97.1 Å². The third-order valence-electron chi connectivity index (χ3n) is 9.56. The van der Waals surface area contributed by atoms with E-state index in [4.69, 9.17) is 13.1 Å². The summed E-state index contributed by atoms with van der Waals surface area (Å²) in [7, 11) is 0. The minimum atomic E-state index is 0.539. The molecule has 0 saturated carbocycles. The van der Waals surface area contributed by atoms with Crippen LogP contribution in [0.25, 0.3) is 86.9 Å². The molecule has 7 aromatic carbocycles. The van der Waals surface area contributed by atoms with Crippen LogP contribution in [0.2, 0.25) is 0 Å². The summed E-state index contributed by atoms with van der Waals surface area (Å²) in [6, 6.07) is 53.4. The van der Waals surface area contributed by atoms with Gasteiger partial charge in [-0.25, -0.2) is 9.69 Å². The van der Waals surface area contributed by atoms with Gasteiger partial charge in [-0.15, -0.1) is 0 Å². The molecule has 230 valence electrons. The molecule has 0 atom stereocenters. The van der Waals surface area contributed by atoms with Crippen molar-refractivity contribution in [2.45, 2.75) is 0 Å². The van der Waals surface area contributed by atoms with E-state index in [1.807, 2.05) is 72.8 Å². The van der Waals surface area contributed by atoms with Gasteiger partial charge in [0, 0.05) is 32.7 Å². The lowest BCUT2D eigenvalue weighted by molar-refractivity contribution is 1.18. The molecule has 9 aromatic rings. The van der Waals surface area contributed by atoms with Crippen LogP contribution in [-0.4, -0.2) is 9.13 Å². The van der Waals surface area contributed by atoms with Crippen molar-refractivity contribution in [3.8, 4) is 39.7 Å². The second-order valence-corrected chi connectivity index (χ2v) is 12.3. The third-order valence-corrected chi connectivity index (χ3v) is 9.56. The molecule has 0 N–H and O–H groups in total. The molecule has 0 aliphatic rings. The molecular weight excluding hydrogens is 611 g/mol. The van der Waals surface area contributed by atoms with E-state index in [1.165, 1.54) is 0 Å². The van der Waals surface area contributed by atoms with E-state index in [0.29, 0.717) is 16.9 Å². The van der Waals surface area contributed by atoms with Crippen molar-refractivity contribution >= 4 is 55.0 Å². The molecule has 0 unspecified atom stereocenters. The molecule has 5 heteroatoms. The number of benzene rings is 7. The molecule has 0 spiro atoms. The largest absolute Gasteiger partial charge is 0.320 e. The van der Waals surface area contributed by atoms with Gasteiger partial charge in [-0.3, -0.25) is 0 Å². The Morgan fingerprint density at radius 1 is 0.480 bits per heavy atom. The van der Waals surface area contributed by atoms with Gasteiger partial charge in [0.05, 0.1) is 47.0 Å². The fourth-order valence-electron chi connectivity index (χ4n) is 7.37. The summed E-state index contributed by atoms with van der Waals surface area (Å²) in [6.45, 7) is 15.9. The lowest BCUT2D eigenvalue weighted by Gasteiger charge is -2.17. The van der Waals surface area contributed by atoms with Crippen LogP contribution in [0, 0.1) is 24.5 Å². The maximum Gasteiger partial charge on any atom is 0.211 e. The summed E-state index contributed by atoms with van der Waals surface area (Å²) in [5.74, 6) is 0. The van der Waals surface area contributed by atoms with Gasteiger partial charge in [-0.2, -0.15) is 5.26 Å². The first kappa shape index (κ1) is 28.8. The summed E-state index contributed by atoms with van der Waals surface area (Å²) in [4.78, 5) is 7.72. The monoisotopic (exact) mass is 635 g/mol. The molecule has 5 nitrogen and oxygen atoms in total. The van der Waals surface area contributed by atoms with E-state index in [-0.39, 0.29) is 0 Å². The molecule has 0 amide bonds. The average Bonchev–Trinajstić information content (AvgIpc) is 3.69. The van der Waals surface area contributed by atoms with Gasteiger partial charge < -0.3 is 9.13 Å². The standard InChI is InChI=1S/C45H25N5/c1-47-33-21-22-38-36-14-3-6-19-42(36)50(44(38)27-33)45-35(16-9-17-40(45)48-2)32-12-7-10-30(25-32)31-11-8-13-34(26-31)49-41-18-5-4-15-37(41)39-24-29(28-46)20-23-43(39)49/h3-27H. The van der Waals surface area contributed by atoms with Crippen molar-refractivity contribution in [3.05, 3.63) is 180 Å². The second kappa shape index (κ2) is 11.4. The van der Waals surface area contributed by atoms with Crippen molar-refractivity contribution in [2.75, 3.05) is 0 Å². The Kier molecular flexibility index (Phi) is 6.56. The number of hydrogen-bond acceptors (Lipinski definition) is 1. The molecule has 50 heavy (non-hydrogen) atoms. The Balaban J connectivity index is 1.23. The lowest BCUT2D eigenvalue weighted by atomic mass is 9.97. The lowest BCUT2D eigenvalue weighted by Crippen LogP contribution is -1.98. The van der Waals surface area contributed by atoms with Gasteiger partial charge in [-0.05, 0) is 76.9 Å². The molecular formula is C45H25N5. The van der Waals surface area contributed by atoms with Crippen molar-refractivity contribution < 1.29 is 0 Å². The van der Waals surface area contributed by atoms with E-state index in [1.54, 1.807) is 0 Å². The zero-order valence-corrected chi connectivity index (χ0v) is 26.7. The molecule has 0 aliphatic heterocycles. The first-order valence-corrected chi connectivity index (χ1v) is 16.2. The minimum absolute atomic E-state index is 0.539. The predicted octanol–water partition coefficient (Wildman–Crippen LogP) is 12.2.